The third kappa shape index (κ3) is 2.51. The number of aromatic nitrogens is 2. The standard InChI is InChI=1S/C14H10BrN3O/c15-10-6-7-13-17-12(8-14(19)18(13)9-10)16-11-4-2-1-3-5-11/h1-9,16H. The summed E-state index contributed by atoms with van der Waals surface area (Å²) in [5, 5.41) is 3.12. The molecule has 2 heterocycles. The number of halogens is 1. The van der Waals surface area contributed by atoms with Gasteiger partial charge in [-0.1, -0.05) is 18.2 Å². The van der Waals surface area contributed by atoms with Crippen molar-refractivity contribution in [1.29, 1.82) is 0 Å². The topological polar surface area (TPSA) is 46.4 Å². The number of rotatable bonds is 2. The molecule has 0 amide bonds. The normalized spacial score (nSPS) is 10.6. The van der Waals surface area contributed by atoms with E-state index in [9.17, 15) is 4.79 Å². The molecule has 4 nitrogen and oxygen atoms in total. The van der Waals surface area contributed by atoms with Crippen LogP contribution in [0.4, 0.5) is 11.5 Å². The van der Waals surface area contributed by atoms with Crippen molar-refractivity contribution in [3.63, 3.8) is 0 Å². The number of hydrogen-bond donors (Lipinski definition) is 1. The summed E-state index contributed by atoms with van der Waals surface area (Å²) in [6.45, 7) is 0. The predicted octanol–water partition coefficient (Wildman–Crippen LogP) is 3.20. The van der Waals surface area contributed by atoms with Gasteiger partial charge >= 0.3 is 0 Å². The first-order valence-electron chi connectivity index (χ1n) is 5.73. The molecule has 0 unspecified atom stereocenters. The van der Waals surface area contributed by atoms with Crippen LogP contribution in [0, 0.1) is 0 Å². The Kier molecular flexibility index (Phi) is 3.05. The van der Waals surface area contributed by atoms with Gasteiger partial charge in [0.2, 0.25) is 0 Å². The number of nitrogens with one attached hydrogen (secondary N) is 1. The van der Waals surface area contributed by atoms with E-state index in [2.05, 4.69) is 26.2 Å². The van der Waals surface area contributed by atoms with Gasteiger partial charge in [-0.25, -0.2) is 4.98 Å². The van der Waals surface area contributed by atoms with E-state index in [1.807, 2.05) is 36.4 Å². The molecule has 0 aliphatic rings. The third-order valence-electron chi connectivity index (χ3n) is 2.67. The van der Waals surface area contributed by atoms with E-state index in [1.54, 1.807) is 12.3 Å². The molecule has 0 spiro atoms. The molecule has 3 aromatic rings. The van der Waals surface area contributed by atoms with Crippen molar-refractivity contribution < 1.29 is 0 Å². The molecular formula is C14H10BrN3O. The van der Waals surface area contributed by atoms with E-state index in [1.165, 1.54) is 10.5 Å². The Hall–Kier alpha value is -2.14. The molecule has 2 aromatic heterocycles. The van der Waals surface area contributed by atoms with Crippen LogP contribution < -0.4 is 10.9 Å². The lowest BCUT2D eigenvalue weighted by molar-refractivity contribution is 1.04. The highest BCUT2D eigenvalue weighted by atomic mass is 79.9. The summed E-state index contributed by atoms with van der Waals surface area (Å²) >= 11 is 3.34. The molecule has 0 aliphatic carbocycles. The van der Waals surface area contributed by atoms with Gasteiger partial charge in [0, 0.05) is 22.4 Å². The van der Waals surface area contributed by atoms with Crippen LogP contribution in [0.3, 0.4) is 0 Å². The first-order chi connectivity index (χ1) is 9.22. The van der Waals surface area contributed by atoms with E-state index in [0.29, 0.717) is 11.5 Å². The molecule has 0 bridgehead atoms. The van der Waals surface area contributed by atoms with Crippen LogP contribution in [0.1, 0.15) is 0 Å². The number of anilines is 2. The van der Waals surface area contributed by atoms with Crippen molar-refractivity contribution in [2.24, 2.45) is 0 Å². The maximum Gasteiger partial charge on any atom is 0.259 e. The van der Waals surface area contributed by atoms with Crippen molar-refractivity contribution >= 4 is 33.1 Å². The number of nitrogens with zero attached hydrogens (tertiary/aromatic N) is 2. The van der Waals surface area contributed by atoms with Crippen molar-refractivity contribution in [1.82, 2.24) is 9.38 Å². The molecule has 0 saturated heterocycles. The van der Waals surface area contributed by atoms with Gasteiger partial charge in [0.1, 0.15) is 11.5 Å². The third-order valence-corrected chi connectivity index (χ3v) is 3.14. The summed E-state index contributed by atoms with van der Waals surface area (Å²) < 4.78 is 2.34. The van der Waals surface area contributed by atoms with E-state index in [0.717, 1.165) is 10.2 Å². The van der Waals surface area contributed by atoms with Crippen molar-refractivity contribution in [2.75, 3.05) is 5.32 Å². The zero-order chi connectivity index (χ0) is 13.2. The summed E-state index contributed by atoms with van der Waals surface area (Å²) in [4.78, 5) is 16.4. The quantitative estimate of drug-likeness (QED) is 0.790. The Balaban J connectivity index is 2.07. The number of para-hydroxylation sites is 1. The fourth-order valence-corrected chi connectivity index (χ4v) is 2.15. The minimum absolute atomic E-state index is 0.121. The van der Waals surface area contributed by atoms with Gasteiger partial charge in [0.05, 0.1) is 0 Å². The smallest absolute Gasteiger partial charge is 0.259 e. The Morgan fingerprint density at radius 1 is 1.11 bits per heavy atom. The van der Waals surface area contributed by atoms with Crippen LogP contribution in [0.15, 0.2) is 64.0 Å². The molecule has 0 aliphatic heterocycles. The Labute approximate surface area is 117 Å². The van der Waals surface area contributed by atoms with E-state index >= 15 is 0 Å². The monoisotopic (exact) mass is 315 g/mol. The predicted molar refractivity (Wildman–Crippen MR) is 78.9 cm³/mol. The zero-order valence-electron chi connectivity index (χ0n) is 9.88. The summed E-state index contributed by atoms with van der Waals surface area (Å²) in [6, 6.07) is 14.8. The van der Waals surface area contributed by atoms with Crippen LogP contribution in [-0.4, -0.2) is 9.38 Å². The van der Waals surface area contributed by atoms with Crippen LogP contribution in [-0.2, 0) is 0 Å². The Morgan fingerprint density at radius 2 is 1.89 bits per heavy atom. The van der Waals surface area contributed by atoms with Crippen LogP contribution in [0.25, 0.3) is 5.65 Å². The lowest BCUT2D eigenvalue weighted by Crippen LogP contribution is -2.14. The average molecular weight is 316 g/mol. The van der Waals surface area contributed by atoms with Crippen molar-refractivity contribution in [3.05, 3.63) is 69.6 Å². The molecule has 5 heteroatoms. The number of hydrogen-bond acceptors (Lipinski definition) is 3. The second-order valence-corrected chi connectivity index (χ2v) is 4.96. The van der Waals surface area contributed by atoms with E-state index in [-0.39, 0.29) is 5.56 Å². The fraction of sp³-hybridized carbons (Fsp3) is 0. The first kappa shape index (κ1) is 11.9. The summed E-state index contributed by atoms with van der Waals surface area (Å²) in [5.41, 5.74) is 1.38. The molecule has 1 aromatic carbocycles. The molecule has 0 saturated carbocycles. The average Bonchev–Trinajstić information content (AvgIpc) is 2.41. The highest BCUT2D eigenvalue weighted by Gasteiger charge is 2.02. The van der Waals surface area contributed by atoms with Crippen LogP contribution in [0.2, 0.25) is 0 Å². The number of pyridine rings is 1. The maximum absolute atomic E-state index is 12.0. The van der Waals surface area contributed by atoms with Crippen molar-refractivity contribution in [3.8, 4) is 0 Å². The van der Waals surface area contributed by atoms with Gasteiger partial charge in [-0.2, -0.15) is 0 Å². The molecule has 94 valence electrons. The summed E-state index contributed by atoms with van der Waals surface area (Å²) in [7, 11) is 0. The Morgan fingerprint density at radius 3 is 2.68 bits per heavy atom. The van der Waals surface area contributed by atoms with Crippen molar-refractivity contribution in [2.45, 2.75) is 0 Å². The number of benzene rings is 1. The zero-order valence-corrected chi connectivity index (χ0v) is 11.5. The first-order valence-corrected chi connectivity index (χ1v) is 6.53. The van der Waals surface area contributed by atoms with Gasteiger partial charge in [-0.15, -0.1) is 0 Å². The van der Waals surface area contributed by atoms with Crippen LogP contribution >= 0.6 is 15.9 Å². The molecule has 1 N–H and O–H groups in total. The van der Waals surface area contributed by atoms with E-state index < -0.39 is 0 Å². The number of fused-ring (bicyclic) bond motifs is 1. The molecule has 0 atom stereocenters. The largest absolute Gasteiger partial charge is 0.340 e. The van der Waals surface area contributed by atoms with E-state index in [4.69, 9.17) is 0 Å². The minimum Gasteiger partial charge on any atom is -0.340 e. The highest BCUT2D eigenvalue weighted by Crippen LogP contribution is 2.14. The Bertz CT molecular complexity index is 784. The molecule has 0 fully saturated rings. The summed E-state index contributed by atoms with van der Waals surface area (Å²) in [6.07, 6.45) is 1.71. The lowest BCUT2D eigenvalue weighted by atomic mass is 10.3. The van der Waals surface area contributed by atoms with Gasteiger partial charge < -0.3 is 5.32 Å². The minimum atomic E-state index is -0.121. The van der Waals surface area contributed by atoms with Gasteiger partial charge in [0.25, 0.3) is 5.56 Å². The maximum atomic E-state index is 12.0. The molecule has 0 radical (unpaired) electrons. The summed E-state index contributed by atoms with van der Waals surface area (Å²) in [5.74, 6) is 0.540. The van der Waals surface area contributed by atoms with Gasteiger partial charge in [-0.05, 0) is 40.2 Å². The SMILES string of the molecule is O=c1cc(Nc2ccccc2)nc2ccc(Br)cn12. The second kappa shape index (κ2) is 4.85. The van der Waals surface area contributed by atoms with Gasteiger partial charge in [0.15, 0.2) is 0 Å². The highest BCUT2D eigenvalue weighted by molar-refractivity contribution is 9.10. The molecule has 3 rings (SSSR count). The second-order valence-electron chi connectivity index (χ2n) is 4.05. The van der Waals surface area contributed by atoms with Crippen LogP contribution in [0.5, 0.6) is 0 Å². The molecular weight excluding hydrogens is 306 g/mol. The van der Waals surface area contributed by atoms with Gasteiger partial charge in [-0.3, -0.25) is 9.20 Å². The lowest BCUT2D eigenvalue weighted by Gasteiger charge is -2.07. The fourth-order valence-electron chi connectivity index (χ4n) is 1.81. The molecule has 19 heavy (non-hydrogen) atoms.